The van der Waals surface area contributed by atoms with E-state index in [1.807, 2.05) is 44.2 Å². The number of para-hydroxylation sites is 1. The first-order chi connectivity index (χ1) is 14.0. The topological polar surface area (TPSA) is 79.5 Å². The zero-order chi connectivity index (χ0) is 20.4. The summed E-state index contributed by atoms with van der Waals surface area (Å²) in [6, 6.07) is 12.2. The molecule has 2 N–H and O–H groups in total. The zero-order valence-electron chi connectivity index (χ0n) is 16.7. The Bertz CT molecular complexity index is 1130. The van der Waals surface area contributed by atoms with Gasteiger partial charge in [0.25, 0.3) is 0 Å². The monoisotopic (exact) mass is 389 g/mol. The molecule has 0 radical (unpaired) electrons. The second-order valence-electron chi connectivity index (χ2n) is 6.95. The minimum atomic E-state index is -0.404. The van der Waals surface area contributed by atoms with Crippen molar-refractivity contribution < 1.29 is 14.3 Å². The van der Waals surface area contributed by atoms with Crippen LogP contribution in [0.15, 0.2) is 58.9 Å². The summed E-state index contributed by atoms with van der Waals surface area (Å²) in [5, 5.41) is 1.11. The van der Waals surface area contributed by atoms with Crippen LogP contribution in [-0.2, 0) is 14.3 Å². The molecule has 3 heterocycles. The van der Waals surface area contributed by atoms with Gasteiger partial charge in [-0.25, -0.2) is 9.79 Å². The standard InChI is InChI=1S/C23H23N3O3/c1-4-28-23(27)13-29-22-12-20(19-10-16-7-5-6-8-17(16)25-19)26-21(22)11-18-14(2)9-15(3)24-18/h5-12,24-25H,4,13H2,1-3H3. The highest BCUT2D eigenvalue weighted by Crippen LogP contribution is 2.27. The highest BCUT2D eigenvalue weighted by atomic mass is 16.6. The molecule has 29 heavy (non-hydrogen) atoms. The van der Waals surface area contributed by atoms with Crippen LogP contribution in [0.1, 0.15) is 29.6 Å². The van der Waals surface area contributed by atoms with Gasteiger partial charge in [-0.2, -0.15) is 0 Å². The summed E-state index contributed by atoms with van der Waals surface area (Å²) in [7, 11) is 0. The van der Waals surface area contributed by atoms with E-state index in [0.717, 1.165) is 39.3 Å². The molecule has 1 aliphatic rings. The summed E-state index contributed by atoms with van der Waals surface area (Å²) in [4.78, 5) is 23.2. The Labute approximate surface area is 169 Å². The van der Waals surface area contributed by atoms with Gasteiger partial charge in [-0.1, -0.05) is 18.2 Å². The Morgan fingerprint density at radius 3 is 2.72 bits per heavy atom. The van der Waals surface area contributed by atoms with Gasteiger partial charge in [-0.15, -0.1) is 0 Å². The largest absolute Gasteiger partial charge is 0.480 e. The molecule has 0 atom stereocenters. The number of aromatic amines is 2. The van der Waals surface area contributed by atoms with Crippen molar-refractivity contribution in [1.82, 2.24) is 9.97 Å². The molecule has 148 valence electrons. The van der Waals surface area contributed by atoms with E-state index < -0.39 is 5.97 Å². The SMILES string of the molecule is CCOC(=O)COC1=CC(c2cc3ccccc3[nH]2)=NC1=Cc1[nH]c(C)cc1C. The van der Waals surface area contributed by atoms with Gasteiger partial charge in [0.1, 0.15) is 11.5 Å². The number of aromatic nitrogens is 2. The van der Waals surface area contributed by atoms with Crippen LogP contribution in [0.4, 0.5) is 0 Å². The van der Waals surface area contributed by atoms with E-state index in [4.69, 9.17) is 14.5 Å². The molecule has 0 bridgehead atoms. The molecule has 0 aliphatic carbocycles. The summed E-state index contributed by atoms with van der Waals surface area (Å²) >= 11 is 0. The number of fused-ring (bicyclic) bond motifs is 1. The Morgan fingerprint density at radius 1 is 1.17 bits per heavy atom. The number of aryl methyl sites for hydroxylation is 2. The Kier molecular flexibility index (Phi) is 5.08. The normalized spacial score (nSPS) is 14.9. The summed E-state index contributed by atoms with van der Waals surface area (Å²) in [6.45, 7) is 5.98. The number of carbonyl (C=O) groups is 1. The summed E-state index contributed by atoms with van der Waals surface area (Å²) in [5.41, 5.74) is 6.51. The first-order valence-corrected chi connectivity index (χ1v) is 9.58. The van der Waals surface area contributed by atoms with Gasteiger partial charge < -0.3 is 19.4 Å². The molecule has 4 rings (SSSR count). The Hall–Kier alpha value is -3.54. The predicted octanol–water partition coefficient (Wildman–Crippen LogP) is 4.42. The fourth-order valence-corrected chi connectivity index (χ4v) is 3.36. The number of ether oxygens (including phenoxy) is 2. The number of allylic oxidation sites excluding steroid dienone is 1. The van der Waals surface area contributed by atoms with Crippen LogP contribution in [0.5, 0.6) is 0 Å². The van der Waals surface area contributed by atoms with Crippen LogP contribution in [0.2, 0.25) is 0 Å². The van der Waals surface area contributed by atoms with Crippen LogP contribution >= 0.6 is 0 Å². The number of hydrogen-bond acceptors (Lipinski definition) is 4. The number of carbonyl (C=O) groups excluding carboxylic acids is 1. The average molecular weight is 389 g/mol. The molecule has 1 aromatic carbocycles. The van der Waals surface area contributed by atoms with Crippen molar-refractivity contribution in [1.29, 1.82) is 0 Å². The molecule has 0 fully saturated rings. The fraction of sp³-hybridized carbons (Fsp3) is 0.217. The van der Waals surface area contributed by atoms with E-state index in [1.165, 1.54) is 0 Å². The molecular formula is C23H23N3O3. The van der Waals surface area contributed by atoms with Crippen molar-refractivity contribution in [2.24, 2.45) is 4.99 Å². The van der Waals surface area contributed by atoms with Crippen LogP contribution in [0.3, 0.4) is 0 Å². The lowest BCUT2D eigenvalue weighted by molar-refractivity contribution is -0.146. The van der Waals surface area contributed by atoms with Crippen molar-refractivity contribution in [3.63, 3.8) is 0 Å². The maximum absolute atomic E-state index is 11.7. The molecule has 0 saturated carbocycles. The van der Waals surface area contributed by atoms with E-state index >= 15 is 0 Å². The van der Waals surface area contributed by atoms with Gasteiger partial charge in [0.05, 0.1) is 18.0 Å². The van der Waals surface area contributed by atoms with Gasteiger partial charge in [-0.3, -0.25) is 0 Å². The molecule has 0 amide bonds. The fourth-order valence-electron chi connectivity index (χ4n) is 3.36. The van der Waals surface area contributed by atoms with Crippen LogP contribution < -0.4 is 0 Å². The summed E-state index contributed by atoms with van der Waals surface area (Å²) in [6.07, 6.45) is 3.79. The van der Waals surface area contributed by atoms with Gasteiger partial charge in [-0.05, 0) is 50.6 Å². The van der Waals surface area contributed by atoms with E-state index in [9.17, 15) is 4.79 Å². The Balaban J connectivity index is 1.68. The van der Waals surface area contributed by atoms with Crippen molar-refractivity contribution in [3.8, 4) is 0 Å². The smallest absolute Gasteiger partial charge is 0.344 e. The number of rotatable bonds is 6. The third-order valence-electron chi connectivity index (χ3n) is 4.69. The van der Waals surface area contributed by atoms with Gasteiger partial charge >= 0.3 is 5.97 Å². The highest BCUT2D eigenvalue weighted by molar-refractivity contribution is 6.13. The summed E-state index contributed by atoms with van der Waals surface area (Å²) < 4.78 is 10.7. The highest BCUT2D eigenvalue weighted by Gasteiger charge is 2.20. The number of aliphatic imine (C=N–C) groups is 1. The maximum atomic E-state index is 11.7. The molecule has 6 heteroatoms. The van der Waals surface area contributed by atoms with E-state index in [2.05, 4.69) is 28.2 Å². The molecule has 0 saturated heterocycles. The minimum Gasteiger partial charge on any atom is -0.480 e. The molecule has 3 aromatic rings. The van der Waals surface area contributed by atoms with Crippen molar-refractivity contribution in [2.45, 2.75) is 20.8 Å². The zero-order valence-corrected chi connectivity index (χ0v) is 16.7. The number of hydrogen-bond donors (Lipinski definition) is 2. The third-order valence-corrected chi connectivity index (χ3v) is 4.69. The predicted molar refractivity (Wildman–Crippen MR) is 114 cm³/mol. The van der Waals surface area contributed by atoms with Gasteiger partial charge in [0.15, 0.2) is 6.61 Å². The molecule has 0 spiro atoms. The van der Waals surface area contributed by atoms with Crippen molar-refractivity contribution >= 4 is 28.7 Å². The number of esters is 1. The number of nitrogens with zero attached hydrogens (tertiary/aromatic N) is 1. The number of H-pyrrole nitrogens is 2. The maximum Gasteiger partial charge on any atom is 0.344 e. The molecule has 0 unspecified atom stereocenters. The first kappa shape index (κ1) is 18.8. The van der Waals surface area contributed by atoms with E-state index in [-0.39, 0.29) is 6.61 Å². The average Bonchev–Trinajstić information content (AvgIpc) is 3.37. The van der Waals surface area contributed by atoms with Crippen LogP contribution in [-0.4, -0.2) is 34.9 Å². The lowest BCUT2D eigenvalue weighted by Crippen LogP contribution is -2.12. The minimum absolute atomic E-state index is 0.157. The van der Waals surface area contributed by atoms with Crippen molar-refractivity contribution in [3.05, 3.63) is 76.6 Å². The van der Waals surface area contributed by atoms with Crippen molar-refractivity contribution in [2.75, 3.05) is 13.2 Å². The van der Waals surface area contributed by atoms with Crippen LogP contribution in [0.25, 0.3) is 17.0 Å². The van der Waals surface area contributed by atoms with E-state index in [0.29, 0.717) is 18.1 Å². The van der Waals surface area contributed by atoms with Gasteiger partial charge in [0, 0.05) is 28.4 Å². The van der Waals surface area contributed by atoms with E-state index in [1.54, 1.807) is 6.92 Å². The quantitative estimate of drug-likeness (QED) is 0.613. The molecule has 1 aliphatic heterocycles. The Morgan fingerprint density at radius 2 is 2.00 bits per heavy atom. The third kappa shape index (κ3) is 4.01. The second kappa shape index (κ2) is 7.83. The van der Waals surface area contributed by atoms with Crippen LogP contribution in [0, 0.1) is 13.8 Å². The summed E-state index contributed by atoms with van der Waals surface area (Å²) in [5.74, 6) is 0.136. The lowest BCUT2D eigenvalue weighted by atomic mass is 10.2. The molecule has 2 aromatic heterocycles. The molecule has 6 nitrogen and oxygen atoms in total. The second-order valence-corrected chi connectivity index (χ2v) is 6.95. The molecular weight excluding hydrogens is 366 g/mol. The van der Waals surface area contributed by atoms with Gasteiger partial charge in [0.2, 0.25) is 0 Å². The lowest BCUT2D eigenvalue weighted by Gasteiger charge is -2.07. The first-order valence-electron chi connectivity index (χ1n) is 9.58. The number of nitrogens with one attached hydrogen (secondary N) is 2. The number of benzene rings is 1.